The molecule has 0 saturated heterocycles. The second-order valence-corrected chi connectivity index (χ2v) is 5.95. The largest absolute Gasteiger partial charge is 0.309 e. The van der Waals surface area contributed by atoms with Crippen molar-refractivity contribution in [3.8, 4) is 0 Å². The molecule has 1 atom stereocenters. The van der Waals surface area contributed by atoms with Crippen LogP contribution in [0.15, 0.2) is 12.1 Å². The molecule has 0 aliphatic rings. The summed E-state index contributed by atoms with van der Waals surface area (Å²) in [5.74, 6) is 0. The third-order valence-electron chi connectivity index (χ3n) is 2.67. The maximum atomic E-state index is 3.58. The van der Waals surface area contributed by atoms with Crippen LogP contribution in [-0.4, -0.2) is 32.1 Å². The lowest BCUT2D eigenvalue weighted by Gasteiger charge is -2.13. The second-order valence-electron chi connectivity index (χ2n) is 4.63. The maximum absolute atomic E-state index is 3.58. The number of unbranched alkanes of at least 4 members (excludes halogenated alkanes) is 1. The second kappa shape index (κ2) is 7.05. The Morgan fingerprint density at radius 3 is 2.62 bits per heavy atom. The molecule has 1 aromatic rings. The van der Waals surface area contributed by atoms with Gasteiger partial charge in [0, 0.05) is 15.8 Å². The van der Waals surface area contributed by atoms with Crippen LogP contribution in [0.2, 0.25) is 0 Å². The van der Waals surface area contributed by atoms with E-state index < -0.39 is 0 Å². The molecule has 0 radical (unpaired) electrons. The summed E-state index contributed by atoms with van der Waals surface area (Å²) in [6.45, 7) is 6.72. The van der Waals surface area contributed by atoms with Crippen LogP contribution in [-0.2, 0) is 0 Å². The van der Waals surface area contributed by atoms with Gasteiger partial charge in [-0.3, -0.25) is 0 Å². The molecule has 92 valence electrons. The number of thiophene rings is 1. The van der Waals surface area contributed by atoms with E-state index in [1.807, 2.05) is 11.3 Å². The van der Waals surface area contributed by atoms with E-state index in [1.165, 1.54) is 29.1 Å². The van der Waals surface area contributed by atoms with Gasteiger partial charge < -0.3 is 10.2 Å². The highest BCUT2D eigenvalue weighted by molar-refractivity contribution is 7.12. The van der Waals surface area contributed by atoms with Gasteiger partial charge in [-0.15, -0.1) is 11.3 Å². The fraction of sp³-hybridized carbons (Fsp3) is 0.692. The minimum atomic E-state index is 0.498. The van der Waals surface area contributed by atoms with Gasteiger partial charge in [-0.05, 0) is 66.0 Å². The van der Waals surface area contributed by atoms with Crippen molar-refractivity contribution in [1.29, 1.82) is 0 Å². The minimum Gasteiger partial charge on any atom is -0.309 e. The van der Waals surface area contributed by atoms with Gasteiger partial charge in [0.1, 0.15) is 0 Å². The van der Waals surface area contributed by atoms with E-state index in [1.54, 1.807) is 0 Å². The Labute approximate surface area is 104 Å². The summed E-state index contributed by atoms with van der Waals surface area (Å²) in [6.07, 6.45) is 2.53. The van der Waals surface area contributed by atoms with Crippen LogP contribution in [0.3, 0.4) is 0 Å². The Bertz CT molecular complexity index is 294. The first-order valence-electron chi connectivity index (χ1n) is 6.04. The normalized spacial score (nSPS) is 13.3. The molecule has 1 N–H and O–H groups in total. The molecule has 1 rings (SSSR count). The smallest absolute Gasteiger partial charge is 0.0386 e. The SMILES string of the molecule is Cc1ccc(C(C)NCCCCN(C)C)s1. The molecule has 1 heterocycles. The quantitative estimate of drug-likeness (QED) is 0.737. The van der Waals surface area contributed by atoms with Gasteiger partial charge in [-0.2, -0.15) is 0 Å². The predicted octanol–water partition coefficient (Wildman–Crippen LogP) is 3.05. The Hall–Kier alpha value is -0.380. The summed E-state index contributed by atoms with van der Waals surface area (Å²) in [4.78, 5) is 5.09. The molecule has 1 unspecified atom stereocenters. The van der Waals surface area contributed by atoms with Crippen LogP contribution < -0.4 is 5.32 Å². The standard InChI is InChI=1S/C13H24N2S/c1-11-7-8-13(16-11)12(2)14-9-5-6-10-15(3)4/h7-8,12,14H,5-6,9-10H2,1-4H3. The van der Waals surface area contributed by atoms with E-state index in [0.717, 1.165) is 6.54 Å². The summed E-state index contributed by atoms with van der Waals surface area (Å²) >= 11 is 1.89. The highest BCUT2D eigenvalue weighted by Gasteiger charge is 2.05. The van der Waals surface area contributed by atoms with Crippen LogP contribution in [0.1, 0.15) is 35.6 Å². The van der Waals surface area contributed by atoms with Gasteiger partial charge in [0.25, 0.3) is 0 Å². The van der Waals surface area contributed by atoms with Gasteiger partial charge in [0.2, 0.25) is 0 Å². The van der Waals surface area contributed by atoms with Crippen molar-refractivity contribution in [1.82, 2.24) is 10.2 Å². The number of rotatable bonds is 7. The van der Waals surface area contributed by atoms with Crippen LogP contribution in [0, 0.1) is 6.92 Å². The molecule has 0 spiro atoms. The third kappa shape index (κ3) is 5.10. The fourth-order valence-electron chi connectivity index (χ4n) is 1.66. The molecule has 0 aliphatic heterocycles. The molecular weight excluding hydrogens is 216 g/mol. The Morgan fingerprint density at radius 1 is 1.31 bits per heavy atom. The monoisotopic (exact) mass is 240 g/mol. The van der Waals surface area contributed by atoms with Crippen molar-refractivity contribution < 1.29 is 0 Å². The van der Waals surface area contributed by atoms with E-state index in [9.17, 15) is 0 Å². The number of nitrogens with zero attached hydrogens (tertiary/aromatic N) is 1. The zero-order valence-electron chi connectivity index (χ0n) is 10.9. The first-order valence-corrected chi connectivity index (χ1v) is 6.85. The van der Waals surface area contributed by atoms with Crippen molar-refractivity contribution in [3.05, 3.63) is 21.9 Å². The van der Waals surface area contributed by atoms with Crippen LogP contribution >= 0.6 is 11.3 Å². The number of aryl methyl sites for hydroxylation is 1. The molecule has 0 fully saturated rings. The third-order valence-corrected chi connectivity index (χ3v) is 3.85. The van der Waals surface area contributed by atoms with Crippen molar-refractivity contribution in [2.45, 2.75) is 32.7 Å². The first-order chi connectivity index (χ1) is 7.59. The summed E-state index contributed by atoms with van der Waals surface area (Å²) in [5.41, 5.74) is 0. The molecule has 0 bridgehead atoms. The Kier molecular flexibility index (Phi) is 6.03. The van der Waals surface area contributed by atoms with E-state index in [4.69, 9.17) is 0 Å². The lowest BCUT2D eigenvalue weighted by molar-refractivity contribution is 0.389. The summed E-state index contributed by atoms with van der Waals surface area (Å²) in [6, 6.07) is 4.93. The first kappa shape index (κ1) is 13.7. The predicted molar refractivity (Wildman–Crippen MR) is 73.3 cm³/mol. The van der Waals surface area contributed by atoms with Gasteiger partial charge in [-0.1, -0.05) is 0 Å². The molecule has 0 amide bonds. The number of hydrogen-bond donors (Lipinski definition) is 1. The fourth-order valence-corrected chi connectivity index (χ4v) is 2.56. The van der Waals surface area contributed by atoms with Gasteiger partial charge in [0.05, 0.1) is 0 Å². The van der Waals surface area contributed by atoms with E-state index in [0.29, 0.717) is 6.04 Å². The number of nitrogens with one attached hydrogen (secondary N) is 1. The number of hydrogen-bond acceptors (Lipinski definition) is 3. The minimum absolute atomic E-state index is 0.498. The zero-order valence-corrected chi connectivity index (χ0v) is 11.7. The Morgan fingerprint density at radius 2 is 2.06 bits per heavy atom. The molecule has 0 saturated carbocycles. The summed E-state index contributed by atoms with van der Waals surface area (Å²) in [7, 11) is 4.26. The van der Waals surface area contributed by atoms with Crippen LogP contribution in [0.5, 0.6) is 0 Å². The van der Waals surface area contributed by atoms with E-state index in [-0.39, 0.29) is 0 Å². The average molecular weight is 240 g/mol. The van der Waals surface area contributed by atoms with Gasteiger partial charge >= 0.3 is 0 Å². The lowest BCUT2D eigenvalue weighted by Crippen LogP contribution is -2.20. The molecule has 3 heteroatoms. The van der Waals surface area contributed by atoms with E-state index in [2.05, 4.69) is 50.3 Å². The molecule has 2 nitrogen and oxygen atoms in total. The topological polar surface area (TPSA) is 15.3 Å². The van der Waals surface area contributed by atoms with Crippen molar-refractivity contribution in [3.63, 3.8) is 0 Å². The maximum Gasteiger partial charge on any atom is 0.0386 e. The molecule has 1 aromatic heterocycles. The van der Waals surface area contributed by atoms with Crippen molar-refractivity contribution in [2.75, 3.05) is 27.2 Å². The van der Waals surface area contributed by atoms with Crippen molar-refractivity contribution >= 4 is 11.3 Å². The summed E-state index contributed by atoms with van der Waals surface area (Å²) < 4.78 is 0. The Balaban J connectivity index is 2.13. The average Bonchev–Trinajstić information content (AvgIpc) is 2.63. The lowest BCUT2D eigenvalue weighted by atomic mass is 10.2. The van der Waals surface area contributed by atoms with Crippen LogP contribution in [0.4, 0.5) is 0 Å². The molecule has 0 aliphatic carbocycles. The highest BCUT2D eigenvalue weighted by atomic mass is 32.1. The van der Waals surface area contributed by atoms with Crippen LogP contribution in [0.25, 0.3) is 0 Å². The van der Waals surface area contributed by atoms with Crippen molar-refractivity contribution in [2.24, 2.45) is 0 Å². The van der Waals surface area contributed by atoms with E-state index >= 15 is 0 Å². The zero-order chi connectivity index (χ0) is 12.0. The van der Waals surface area contributed by atoms with Gasteiger partial charge in [0.15, 0.2) is 0 Å². The van der Waals surface area contributed by atoms with Gasteiger partial charge in [-0.25, -0.2) is 0 Å². The molecule has 0 aromatic carbocycles. The highest BCUT2D eigenvalue weighted by Crippen LogP contribution is 2.22. The molecular formula is C13H24N2S. The molecule has 16 heavy (non-hydrogen) atoms. The summed E-state index contributed by atoms with van der Waals surface area (Å²) in [5, 5.41) is 3.58.